The maximum atomic E-state index is 12.7. The lowest BCUT2D eigenvalue weighted by atomic mass is 9.53. The number of carbonyl (C=O) groups excluding carboxylic acids is 3. The summed E-state index contributed by atoms with van der Waals surface area (Å²) < 4.78 is 5.00. The number of esters is 1. The van der Waals surface area contributed by atoms with E-state index in [4.69, 9.17) is 22.1 Å². The summed E-state index contributed by atoms with van der Waals surface area (Å²) in [5.74, 6) is -0.313. The van der Waals surface area contributed by atoms with Crippen molar-refractivity contribution in [1.82, 2.24) is 20.3 Å². The van der Waals surface area contributed by atoms with Crippen LogP contribution in [0.4, 0.5) is 5.69 Å². The third kappa shape index (κ3) is 4.65. The van der Waals surface area contributed by atoms with Gasteiger partial charge in [-0.15, -0.1) is 0 Å². The summed E-state index contributed by atoms with van der Waals surface area (Å²) in [7, 11) is 1.46. The number of thiophene rings is 1. The van der Waals surface area contributed by atoms with Gasteiger partial charge in [-0.1, -0.05) is 0 Å². The van der Waals surface area contributed by atoms with E-state index in [0.29, 0.717) is 34.5 Å². The number of aromatic amines is 1. The Morgan fingerprint density at radius 1 is 1.21 bits per heavy atom. The number of nitrogens with two attached hydrogens (primary N) is 1. The molecule has 11 heteroatoms. The van der Waals surface area contributed by atoms with E-state index in [-0.39, 0.29) is 27.9 Å². The number of halogens is 1. The van der Waals surface area contributed by atoms with Gasteiger partial charge in [0.05, 0.1) is 23.7 Å². The number of nitrogen functional groups attached to an aromatic ring is 1. The van der Waals surface area contributed by atoms with Gasteiger partial charge in [0.25, 0.3) is 11.1 Å². The molecule has 3 aromatic heterocycles. The molecule has 0 radical (unpaired) electrons. The number of methoxy groups -OCH3 is 1. The number of rotatable bonds is 5. The summed E-state index contributed by atoms with van der Waals surface area (Å²) in [5.41, 5.74) is 8.09. The number of nitrogens with one attached hydrogen (secondary N) is 2. The summed E-state index contributed by atoms with van der Waals surface area (Å²) in [6, 6.07) is 1.69. The highest BCUT2D eigenvalue weighted by molar-refractivity contribution is 7.08. The number of hydrogen-bond donors (Lipinski definition) is 3. The van der Waals surface area contributed by atoms with Crippen LogP contribution in [-0.2, 0) is 9.53 Å². The molecule has 0 unspecified atom stereocenters. The normalized spacial score (nSPS) is 23.1. The molecule has 3 aliphatic rings. The zero-order valence-corrected chi connectivity index (χ0v) is 20.3. The number of aromatic nitrogens is 3. The van der Waals surface area contributed by atoms with Crippen LogP contribution in [0.25, 0.3) is 11.0 Å². The van der Waals surface area contributed by atoms with Crippen LogP contribution in [0.15, 0.2) is 29.4 Å². The molecule has 34 heavy (non-hydrogen) atoms. The minimum absolute atomic E-state index is 0.0618. The molecule has 9 nitrogen and oxygen atoms in total. The van der Waals surface area contributed by atoms with Gasteiger partial charge in [0.15, 0.2) is 5.69 Å². The molecule has 2 bridgehead atoms. The predicted octanol–water partition coefficient (Wildman–Crippen LogP) is 3.91. The second-order valence-electron chi connectivity index (χ2n) is 8.93. The summed E-state index contributed by atoms with van der Waals surface area (Å²) in [6.07, 6.45) is 8.25. The third-order valence-electron chi connectivity index (χ3n) is 7.10. The van der Waals surface area contributed by atoms with Crippen molar-refractivity contribution < 1.29 is 19.1 Å². The summed E-state index contributed by atoms with van der Waals surface area (Å²) in [5, 5.41) is 6.19. The van der Waals surface area contributed by atoms with Gasteiger partial charge in [0, 0.05) is 23.7 Å². The summed E-state index contributed by atoms with van der Waals surface area (Å²) in [4.78, 5) is 46.2. The fraction of sp³-hybridized carbons (Fsp3) is 0.435. The molecule has 3 heterocycles. The molecule has 3 aliphatic carbocycles. The standard InChI is InChI=1S/C18H23N5O3.C5H3ClOS/c1-26-16(25)18-5-2-17(3-6-18,4-7-18)9-21-15(24)14-13-12(22-10-23-14)11(19)8-20-13;6-5(7)4-1-2-8-3-4/h8,10,20H,2-7,9,19H2,1H3,(H,21,24);1-3H. The molecular weight excluding hydrogens is 478 g/mol. The lowest BCUT2D eigenvalue weighted by molar-refractivity contribution is -0.162. The van der Waals surface area contributed by atoms with Crippen LogP contribution in [0, 0.1) is 10.8 Å². The van der Waals surface area contributed by atoms with E-state index >= 15 is 0 Å². The Hall–Kier alpha value is -2.98. The maximum Gasteiger partial charge on any atom is 0.311 e. The number of anilines is 1. The van der Waals surface area contributed by atoms with Crippen molar-refractivity contribution in [1.29, 1.82) is 0 Å². The zero-order chi connectivity index (χ0) is 24.3. The van der Waals surface area contributed by atoms with E-state index in [9.17, 15) is 14.4 Å². The van der Waals surface area contributed by atoms with Gasteiger partial charge in [0.2, 0.25) is 0 Å². The van der Waals surface area contributed by atoms with Crippen LogP contribution in [0.1, 0.15) is 59.4 Å². The van der Waals surface area contributed by atoms with Gasteiger partial charge in [-0.05, 0) is 67.0 Å². The molecule has 0 aromatic carbocycles. The largest absolute Gasteiger partial charge is 0.469 e. The van der Waals surface area contributed by atoms with Crippen molar-refractivity contribution in [3.8, 4) is 0 Å². The molecule has 3 fully saturated rings. The van der Waals surface area contributed by atoms with Gasteiger partial charge >= 0.3 is 5.97 Å². The number of hydrogen-bond acceptors (Lipinski definition) is 8. The van der Waals surface area contributed by atoms with E-state index in [0.717, 1.165) is 38.5 Å². The first-order valence-corrected chi connectivity index (χ1v) is 12.3. The molecule has 3 aromatic rings. The van der Waals surface area contributed by atoms with Crippen LogP contribution in [-0.4, -0.2) is 45.7 Å². The molecule has 0 saturated heterocycles. The van der Waals surface area contributed by atoms with Crippen molar-refractivity contribution in [3.05, 3.63) is 40.6 Å². The average Bonchev–Trinajstić information content (AvgIpc) is 3.54. The van der Waals surface area contributed by atoms with E-state index in [1.54, 1.807) is 17.6 Å². The highest BCUT2D eigenvalue weighted by Crippen LogP contribution is 2.57. The van der Waals surface area contributed by atoms with Crippen molar-refractivity contribution >= 4 is 56.8 Å². The van der Waals surface area contributed by atoms with Crippen LogP contribution in [0.5, 0.6) is 0 Å². The molecule has 0 aliphatic heterocycles. The average molecular weight is 504 g/mol. The van der Waals surface area contributed by atoms with Gasteiger partial charge < -0.3 is 20.8 Å². The van der Waals surface area contributed by atoms with Gasteiger partial charge in [-0.3, -0.25) is 14.4 Å². The molecular formula is C23H26ClN5O4S. The van der Waals surface area contributed by atoms with Crippen molar-refractivity contribution in [2.24, 2.45) is 10.8 Å². The fourth-order valence-corrected chi connectivity index (χ4v) is 5.73. The number of carbonyl (C=O) groups is 3. The monoisotopic (exact) mass is 503 g/mol. The van der Waals surface area contributed by atoms with Crippen molar-refractivity contribution in [2.75, 3.05) is 19.4 Å². The van der Waals surface area contributed by atoms with Crippen LogP contribution >= 0.6 is 22.9 Å². The molecule has 3 saturated carbocycles. The second-order valence-corrected chi connectivity index (χ2v) is 10.1. The fourth-order valence-electron chi connectivity index (χ4n) is 4.91. The summed E-state index contributed by atoms with van der Waals surface area (Å²) >= 11 is 6.57. The van der Waals surface area contributed by atoms with Gasteiger partial charge in [-0.25, -0.2) is 9.97 Å². The maximum absolute atomic E-state index is 12.7. The number of fused-ring (bicyclic) bond motifs is 4. The third-order valence-corrected chi connectivity index (χ3v) is 8.00. The number of H-pyrrole nitrogens is 1. The van der Waals surface area contributed by atoms with Crippen LogP contribution < -0.4 is 11.1 Å². The molecule has 6 rings (SSSR count). The Kier molecular flexibility index (Phi) is 6.90. The highest BCUT2D eigenvalue weighted by atomic mass is 35.5. The number of nitrogens with zero attached hydrogens (tertiary/aromatic N) is 2. The van der Waals surface area contributed by atoms with Gasteiger partial charge in [-0.2, -0.15) is 11.3 Å². The Labute approximate surface area is 205 Å². The molecule has 0 spiro atoms. The minimum Gasteiger partial charge on any atom is -0.469 e. The van der Waals surface area contributed by atoms with E-state index in [1.165, 1.54) is 24.8 Å². The quantitative estimate of drug-likeness (QED) is 0.354. The Bertz CT molecular complexity index is 1180. The van der Waals surface area contributed by atoms with Crippen LogP contribution in [0.2, 0.25) is 0 Å². The first-order valence-electron chi connectivity index (χ1n) is 11.0. The number of ether oxygens (including phenoxy) is 1. The SMILES string of the molecule is COC(=O)C12CCC(CNC(=O)c3ncnc4c(N)c[nH]c34)(CC1)CC2.O=C(Cl)c1ccsc1. The lowest BCUT2D eigenvalue weighted by Gasteiger charge is -2.51. The van der Waals surface area contributed by atoms with Crippen molar-refractivity contribution in [3.63, 3.8) is 0 Å². The molecule has 180 valence electrons. The molecule has 1 amide bonds. The topological polar surface area (TPSA) is 140 Å². The summed E-state index contributed by atoms with van der Waals surface area (Å²) in [6.45, 7) is 0.588. The van der Waals surface area contributed by atoms with Crippen LogP contribution in [0.3, 0.4) is 0 Å². The molecule has 4 N–H and O–H groups in total. The highest BCUT2D eigenvalue weighted by Gasteiger charge is 2.53. The van der Waals surface area contributed by atoms with E-state index in [1.807, 2.05) is 5.38 Å². The first-order chi connectivity index (χ1) is 16.3. The molecule has 0 atom stereocenters. The zero-order valence-electron chi connectivity index (χ0n) is 18.7. The Morgan fingerprint density at radius 2 is 1.91 bits per heavy atom. The first kappa shape index (κ1) is 24.2. The Balaban J connectivity index is 0.000000291. The number of amides is 1. The van der Waals surface area contributed by atoms with E-state index < -0.39 is 0 Å². The lowest BCUT2D eigenvalue weighted by Crippen LogP contribution is -2.50. The van der Waals surface area contributed by atoms with Crippen molar-refractivity contribution in [2.45, 2.75) is 38.5 Å². The minimum atomic E-state index is -0.383. The Morgan fingerprint density at radius 3 is 2.47 bits per heavy atom. The predicted molar refractivity (Wildman–Crippen MR) is 130 cm³/mol. The van der Waals surface area contributed by atoms with E-state index in [2.05, 4.69) is 20.3 Å². The van der Waals surface area contributed by atoms with Gasteiger partial charge in [0.1, 0.15) is 11.8 Å². The smallest absolute Gasteiger partial charge is 0.311 e. The second kappa shape index (κ2) is 9.71.